The fourth-order valence-electron chi connectivity index (χ4n) is 3.01. The third-order valence-electron chi connectivity index (χ3n) is 4.42. The van der Waals surface area contributed by atoms with Crippen LogP contribution in [0.15, 0.2) is 58.6 Å². The summed E-state index contributed by atoms with van der Waals surface area (Å²) in [6, 6.07) is 12.9. The number of benzene rings is 1. The minimum atomic E-state index is -0.0805. The fourth-order valence-corrected chi connectivity index (χ4v) is 4.04. The number of pyridine rings is 1. The molecular formula is C20H18ClN5OS. The van der Waals surface area contributed by atoms with Crippen LogP contribution in [0.3, 0.4) is 0 Å². The minimum absolute atomic E-state index is 0.0805. The van der Waals surface area contributed by atoms with Crippen molar-refractivity contribution < 1.29 is 0 Å². The van der Waals surface area contributed by atoms with Crippen LogP contribution in [0.25, 0.3) is 17.0 Å². The third-order valence-corrected chi connectivity index (χ3v) is 5.68. The van der Waals surface area contributed by atoms with E-state index >= 15 is 0 Å². The van der Waals surface area contributed by atoms with Crippen molar-refractivity contribution in [2.75, 3.05) is 0 Å². The molecule has 6 nitrogen and oxygen atoms in total. The Kier molecular flexibility index (Phi) is 5.19. The van der Waals surface area contributed by atoms with Crippen LogP contribution in [-0.4, -0.2) is 24.1 Å². The molecule has 3 heterocycles. The predicted molar refractivity (Wildman–Crippen MR) is 112 cm³/mol. The van der Waals surface area contributed by atoms with Gasteiger partial charge in [-0.3, -0.25) is 9.20 Å². The van der Waals surface area contributed by atoms with Crippen LogP contribution >= 0.6 is 23.4 Å². The summed E-state index contributed by atoms with van der Waals surface area (Å²) in [5.74, 6) is 1.34. The molecule has 0 N–H and O–H groups in total. The number of hydrogen-bond acceptors (Lipinski definition) is 5. The summed E-state index contributed by atoms with van der Waals surface area (Å²) >= 11 is 7.50. The molecule has 0 aliphatic rings. The van der Waals surface area contributed by atoms with Crippen LogP contribution < -0.4 is 5.56 Å². The Labute approximate surface area is 171 Å². The lowest BCUT2D eigenvalue weighted by Gasteiger charge is -2.08. The summed E-state index contributed by atoms with van der Waals surface area (Å²) < 4.78 is 3.61. The van der Waals surface area contributed by atoms with Crippen LogP contribution in [0.1, 0.15) is 18.2 Å². The maximum Gasteiger partial charge on any atom is 0.258 e. The topological polar surface area (TPSA) is 65.1 Å². The smallest absolute Gasteiger partial charge is 0.258 e. The molecular weight excluding hydrogens is 394 g/mol. The highest BCUT2D eigenvalue weighted by molar-refractivity contribution is 7.98. The molecule has 4 aromatic rings. The van der Waals surface area contributed by atoms with Gasteiger partial charge in [0, 0.05) is 35.1 Å². The summed E-state index contributed by atoms with van der Waals surface area (Å²) in [4.78, 5) is 17.0. The van der Waals surface area contributed by atoms with E-state index in [1.807, 2.05) is 47.9 Å². The van der Waals surface area contributed by atoms with Gasteiger partial charge in [-0.05, 0) is 49.7 Å². The molecule has 28 heavy (non-hydrogen) atoms. The quantitative estimate of drug-likeness (QED) is 0.460. The first-order valence-electron chi connectivity index (χ1n) is 8.86. The Morgan fingerprint density at radius 1 is 1.14 bits per heavy atom. The van der Waals surface area contributed by atoms with E-state index in [-0.39, 0.29) is 5.56 Å². The average molecular weight is 412 g/mol. The molecule has 0 fully saturated rings. The maximum absolute atomic E-state index is 12.4. The number of aryl methyl sites for hydroxylation is 1. The van der Waals surface area contributed by atoms with Crippen LogP contribution in [0, 0.1) is 6.92 Å². The van der Waals surface area contributed by atoms with Gasteiger partial charge in [-0.2, -0.15) is 0 Å². The minimum Gasteiger partial charge on any atom is -0.302 e. The van der Waals surface area contributed by atoms with Crippen LogP contribution in [0.5, 0.6) is 0 Å². The lowest BCUT2D eigenvalue weighted by atomic mass is 10.2. The molecule has 3 aromatic heterocycles. The lowest BCUT2D eigenvalue weighted by molar-refractivity contribution is 0.687. The molecule has 1 aromatic carbocycles. The molecule has 0 spiro atoms. The number of aromatic nitrogens is 5. The van der Waals surface area contributed by atoms with Gasteiger partial charge in [0.25, 0.3) is 5.56 Å². The Morgan fingerprint density at radius 3 is 2.68 bits per heavy atom. The van der Waals surface area contributed by atoms with E-state index in [1.165, 1.54) is 11.8 Å². The van der Waals surface area contributed by atoms with Crippen LogP contribution in [0.4, 0.5) is 0 Å². The Bertz CT molecular complexity index is 1200. The lowest BCUT2D eigenvalue weighted by Crippen LogP contribution is -2.15. The largest absolute Gasteiger partial charge is 0.302 e. The number of halogens is 1. The first-order valence-corrected chi connectivity index (χ1v) is 10.2. The average Bonchev–Trinajstić information content (AvgIpc) is 3.11. The van der Waals surface area contributed by atoms with Gasteiger partial charge in [0.1, 0.15) is 5.65 Å². The van der Waals surface area contributed by atoms with E-state index in [1.54, 1.807) is 16.7 Å². The summed E-state index contributed by atoms with van der Waals surface area (Å²) in [5.41, 5.74) is 3.26. The van der Waals surface area contributed by atoms with Gasteiger partial charge in [-0.15, -0.1) is 10.2 Å². The molecule has 0 aliphatic carbocycles. The van der Waals surface area contributed by atoms with Crippen LogP contribution in [-0.2, 0) is 12.3 Å². The molecule has 0 atom stereocenters. The Balaban J connectivity index is 1.62. The highest BCUT2D eigenvalue weighted by Crippen LogP contribution is 2.26. The normalized spacial score (nSPS) is 11.2. The highest BCUT2D eigenvalue weighted by atomic mass is 35.5. The van der Waals surface area contributed by atoms with E-state index in [0.29, 0.717) is 16.4 Å². The Morgan fingerprint density at radius 2 is 1.93 bits per heavy atom. The van der Waals surface area contributed by atoms with Gasteiger partial charge in [-0.1, -0.05) is 29.4 Å². The third kappa shape index (κ3) is 3.55. The molecule has 0 amide bonds. The summed E-state index contributed by atoms with van der Waals surface area (Å²) in [6.45, 7) is 4.74. The molecule has 8 heteroatoms. The van der Waals surface area contributed by atoms with Crippen molar-refractivity contribution in [2.45, 2.75) is 31.3 Å². The number of nitrogens with zero attached hydrogens (tertiary/aromatic N) is 5. The maximum atomic E-state index is 12.4. The van der Waals surface area contributed by atoms with Gasteiger partial charge >= 0.3 is 0 Å². The zero-order valence-electron chi connectivity index (χ0n) is 15.5. The van der Waals surface area contributed by atoms with Gasteiger partial charge < -0.3 is 4.57 Å². The second kappa shape index (κ2) is 7.77. The number of thioether (sulfide) groups is 1. The number of rotatable bonds is 5. The van der Waals surface area contributed by atoms with E-state index in [2.05, 4.69) is 22.1 Å². The summed E-state index contributed by atoms with van der Waals surface area (Å²) in [6.07, 6.45) is 1.74. The first-order chi connectivity index (χ1) is 13.6. The van der Waals surface area contributed by atoms with E-state index < -0.39 is 0 Å². The molecule has 0 bridgehead atoms. The molecule has 142 valence electrons. The van der Waals surface area contributed by atoms with Gasteiger partial charge in [0.15, 0.2) is 11.0 Å². The van der Waals surface area contributed by atoms with E-state index in [0.717, 1.165) is 34.3 Å². The predicted octanol–water partition coefficient (Wildman–Crippen LogP) is 4.23. The first kappa shape index (κ1) is 18.7. The Hall–Kier alpha value is -2.64. The van der Waals surface area contributed by atoms with E-state index in [9.17, 15) is 4.79 Å². The zero-order chi connectivity index (χ0) is 19.7. The van der Waals surface area contributed by atoms with Crippen molar-refractivity contribution >= 4 is 29.0 Å². The van der Waals surface area contributed by atoms with Crippen molar-refractivity contribution in [1.29, 1.82) is 0 Å². The molecule has 0 saturated heterocycles. The van der Waals surface area contributed by atoms with E-state index in [4.69, 9.17) is 11.6 Å². The second-order valence-corrected chi connectivity index (χ2v) is 7.70. The van der Waals surface area contributed by atoms with Crippen molar-refractivity contribution in [1.82, 2.24) is 24.1 Å². The summed E-state index contributed by atoms with van der Waals surface area (Å²) in [7, 11) is 0. The molecule has 0 radical (unpaired) electrons. The van der Waals surface area contributed by atoms with Crippen LogP contribution in [0.2, 0.25) is 5.02 Å². The number of fused-ring (bicyclic) bond motifs is 1. The standard InChI is InChI=1S/C20H18ClN5OS/c1-3-25-19(14-6-8-15(21)9-7-14)23-24-20(25)28-12-16-11-17(27)26-10-4-5-13(2)18(26)22-16/h4-11H,3,12H2,1-2H3. The summed E-state index contributed by atoms with van der Waals surface area (Å²) in [5, 5.41) is 10.2. The fraction of sp³-hybridized carbons (Fsp3) is 0.200. The van der Waals surface area contributed by atoms with Gasteiger partial charge in [0.2, 0.25) is 0 Å². The van der Waals surface area contributed by atoms with Crippen molar-refractivity contribution in [3.8, 4) is 11.4 Å². The van der Waals surface area contributed by atoms with Gasteiger partial charge in [0.05, 0.1) is 5.69 Å². The van der Waals surface area contributed by atoms with Crippen molar-refractivity contribution in [3.63, 3.8) is 0 Å². The molecule has 0 aliphatic heterocycles. The molecule has 0 unspecified atom stereocenters. The monoisotopic (exact) mass is 411 g/mol. The molecule has 0 saturated carbocycles. The highest BCUT2D eigenvalue weighted by Gasteiger charge is 2.14. The molecule has 4 rings (SSSR count). The SMILES string of the molecule is CCn1c(SCc2cc(=O)n3cccc(C)c3n2)nnc1-c1ccc(Cl)cc1. The second-order valence-electron chi connectivity index (χ2n) is 6.32. The number of hydrogen-bond donors (Lipinski definition) is 0. The van der Waals surface area contributed by atoms with Crippen molar-refractivity contribution in [2.24, 2.45) is 0 Å². The van der Waals surface area contributed by atoms with Crippen molar-refractivity contribution in [3.05, 3.63) is 75.3 Å². The van der Waals surface area contributed by atoms with Gasteiger partial charge in [-0.25, -0.2) is 4.98 Å². The zero-order valence-corrected chi connectivity index (χ0v) is 17.0.